The summed E-state index contributed by atoms with van der Waals surface area (Å²) in [7, 11) is 0. The first-order valence-electron chi connectivity index (χ1n) is 9.52. The molecule has 0 saturated carbocycles. The molecule has 26 heavy (non-hydrogen) atoms. The molecule has 0 bridgehead atoms. The van der Waals surface area contributed by atoms with Crippen molar-refractivity contribution in [2.45, 2.75) is 18.8 Å². The van der Waals surface area contributed by atoms with Crippen LogP contribution in [0.25, 0.3) is 16.7 Å². The van der Waals surface area contributed by atoms with E-state index in [0.717, 1.165) is 0 Å². The molecule has 0 heterocycles. The first kappa shape index (κ1) is 15.4. The van der Waals surface area contributed by atoms with Crippen LogP contribution in [0.2, 0.25) is 0 Å². The Morgan fingerprint density at radius 2 is 1.42 bits per heavy atom. The van der Waals surface area contributed by atoms with Crippen molar-refractivity contribution in [1.29, 1.82) is 0 Å². The first-order chi connectivity index (χ1) is 12.9. The van der Waals surface area contributed by atoms with Crippen LogP contribution in [0.15, 0.2) is 97.1 Å². The molecule has 2 unspecified atom stereocenters. The van der Waals surface area contributed by atoms with Gasteiger partial charge in [-0.2, -0.15) is 0 Å². The number of rotatable bonds is 2. The second-order valence-electron chi connectivity index (χ2n) is 7.36. The summed E-state index contributed by atoms with van der Waals surface area (Å²) in [4.78, 5) is 0. The van der Waals surface area contributed by atoms with Crippen molar-refractivity contribution in [2.75, 3.05) is 0 Å². The summed E-state index contributed by atoms with van der Waals surface area (Å²) in [5, 5.41) is 0. The highest BCUT2D eigenvalue weighted by Crippen LogP contribution is 2.43. The van der Waals surface area contributed by atoms with Crippen LogP contribution in [0.1, 0.15) is 29.0 Å². The molecule has 0 aromatic heterocycles. The predicted molar refractivity (Wildman–Crippen MR) is 110 cm³/mol. The van der Waals surface area contributed by atoms with Crippen molar-refractivity contribution < 1.29 is 0 Å². The molecule has 0 radical (unpaired) electrons. The van der Waals surface area contributed by atoms with E-state index in [4.69, 9.17) is 0 Å². The lowest BCUT2D eigenvalue weighted by Crippen LogP contribution is -2.20. The molecule has 0 fully saturated rings. The number of hydrogen-bond donors (Lipinski definition) is 0. The molecule has 3 aromatic carbocycles. The molecule has 2 atom stereocenters. The molecule has 0 heteroatoms. The summed E-state index contributed by atoms with van der Waals surface area (Å²) < 4.78 is 0. The molecule has 5 rings (SSSR count). The van der Waals surface area contributed by atoms with Crippen LogP contribution in [0.5, 0.6) is 0 Å². The largest absolute Gasteiger partial charge is 0.0758 e. The zero-order valence-electron chi connectivity index (χ0n) is 14.8. The molecule has 0 N–H and O–H groups in total. The SMILES string of the molecule is C1=CC2c3ccc(-c4ccccc4)cc3CCC2C=C1c1ccccc1. The fraction of sp³-hybridized carbons (Fsp3) is 0.154. The number of fused-ring (bicyclic) bond motifs is 3. The zero-order valence-corrected chi connectivity index (χ0v) is 14.8. The second-order valence-corrected chi connectivity index (χ2v) is 7.36. The Kier molecular flexibility index (Phi) is 3.83. The molecular formula is C26H22. The summed E-state index contributed by atoms with van der Waals surface area (Å²) in [6.45, 7) is 0. The van der Waals surface area contributed by atoms with E-state index >= 15 is 0 Å². The van der Waals surface area contributed by atoms with Gasteiger partial charge in [-0.25, -0.2) is 0 Å². The summed E-state index contributed by atoms with van der Waals surface area (Å²) >= 11 is 0. The second kappa shape index (κ2) is 6.46. The van der Waals surface area contributed by atoms with E-state index < -0.39 is 0 Å². The van der Waals surface area contributed by atoms with Gasteiger partial charge in [-0.05, 0) is 52.1 Å². The van der Waals surface area contributed by atoms with Crippen LogP contribution in [0.3, 0.4) is 0 Å². The molecule has 0 spiro atoms. The van der Waals surface area contributed by atoms with E-state index in [1.165, 1.54) is 46.2 Å². The molecule has 0 amide bonds. The van der Waals surface area contributed by atoms with Gasteiger partial charge in [0.25, 0.3) is 0 Å². The Balaban J connectivity index is 1.47. The fourth-order valence-electron chi connectivity index (χ4n) is 4.44. The predicted octanol–water partition coefficient (Wildman–Crippen LogP) is 6.65. The molecule has 126 valence electrons. The Hall–Kier alpha value is -2.86. The molecule has 0 nitrogen and oxygen atoms in total. The maximum absolute atomic E-state index is 2.49. The van der Waals surface area contributed by atoms with Crippen LogP contribution in [0, 0.1) is 5.92 Å². The van der Waals surface area contributed by atoms with Crippen LogP contribution in [-0.2, 0) is 6.42 Å². The van der Waals surface area contributed by atoms with Crippen molar-refractivity contribution in [3.8, 4) is 11.1 Å². The highest BCUT2D eigenvalue weighted by Gasteiger charge is 2.28. The van der Waals surface area contributed by atoms with Gasteiger partial charge in [0, 0.05) is 5.92 Å². The number of allylic oxidation sites excluding steroid dienone is 4. The lowest BCUT2D eigenvalue weighted by molar-refractivity contribution is 0.501. The quantitative estimate of drug-likeness (QED) is 0.492. The van der Waals surface area contributed by atoms with Crippen molar-refractivity contribution in [1.82, 2.24) is 0 Å². The van der Waals surface area contributed by atoms with E-state index in [0.29, 0.717) is 11.8 Å². The van der Waals surface area contributed by atoms with E-state index in [2.05, 4.69) is 97.1 Å². The minimum Gasteiger partial charge on any atom is -0.0758 e. The Morgan fingerprint density at radius 1 is 0.692 bits per heavy atom. The zero-order chi connectivity index (χ0) is 17.3. The average Bonchev–Trinajstić information content (AvgIpc) is 2.74. The maximum Gasteiger partial charge on any atom is 0.00873 e. The van der Waals surface area contributed by atoms with Crippen molar-refractivity contribution in [3.63, 3.8) is 0 Å². The Bertz CT molecular complexity index is 977. The molecule has 3 aromatic rings. The normalized spacial score (nSPS) is 20.8. The van der Waals surface area contributed by atoms with Gasteiger partial charge in [-0.3, -0.25) is 0 Å². The van der Waals surface area contributed by atoms with Gasteiger partial charge < -0.3 is 0 Å². The van der Waals surface area contributed by atoms with Crippen molar-refractivity contribution in [2.24, 2.45) is 5.92 Å². The Morgan fingerprint density at radius 3 is 2.19 bits per heavy atom. The molecule has 0 saturated heterocycles. The van der Waals surface area contributed by atoms with Gasteiger partial charge in [0.1, 0.15) is 0 Å². The lowest BCUT2D eigenvalue weighted by atomic mass is 9.71. The molecular weight excluding hydrogens is 312 g/mol. The van der Waals surface area contributed by atoms with Gasteiger partial charge in [0.2, 0.25) is 0 Å². The van der Waals surface area contributed by atoms with Gasteiger partial charge in [0.05, 0.1) is 0 Å². The van der Waals surface area contributed by atoms with Gasteiger partial charge in [-0.1, -0.05) is 97.1 Å². The number of benzene rings is 3. The minimum absolute atomic E-state index is 0.524. The molecule has 0 aliphatic heterocycles. The minimum atomic E-state index is 0.524. The Labute approximate surface area is 155 Å². The summed E-state index contributed by atoms with van der Waals surface area (Å²) in [6.07, 6.45) is 9.64. The fourth-order valence-corrected chi connectivity index (χ4v) is 4.44. The smallest absolute Gasteiger partial charge is 0.00873 e. The summed E-state index contributed by atoms with van der Waals surface area (Å²) in [5.41, 5.74) is 8.38. The first-order valence-corrected chi connectivity index (χ1v) is 9.52. The third-order valence-corrected chi connectivity index (χ3v) is 5.80. The monoisotopic (exact) mass is 334 g/mol. The summed E-state index contributed by atoms with van der Waals surface area (Å²) in [5.74, 6) is 1.14. The van der Waals surface area contributed by atoms with Crippen molar-refractivity contribution >= 4 is 5.57 Å². The highest BCUT2D eigenvalue weighted by atomic mass is 14.3. The van der Waals surface area contributed by atoms with E-state index in [1.807, 2.05) is 0 Å². The van der Waals surface area contributed by atoms with Crippen LogP contribution in [-0.4, -0.2) is 0 Å². The maximum atomic E-state index is 2.49. The van der Waals surface area contributed by atoms with Crippen LogP contribution < -0.4 is 0 Å². The number of hydrogen-bond acceptors (Lipinski definition) is 0. The van der Waals surface area contributed by atoms with Crippen molar-refractivity contribution in [3.05, 3.63) is 114 Å². The highest BCUT2D eigenvalue weighted by molar-refractivity contribution is 5.76. The van der Waals surface area contributed by atoms with Crippen LogP contribution in [0.4, 0.5) is 0 Å². The standard InChI is InChI=1S/C26H22/c1-3-7-19(8-4-1)21-13-15-25-23(17-21)11-12-24-18-22(14-16-26(24)25)20-9-5-2-6-10-20/h1-10,13-18,23,25H,11-12H2. The third-order valence-electron chi connectivity index (χ3n) is 5.80. The van der Waals surface area contributed by atoms with Gasteiger partial charge in [0.15, 0.2) is 0 Å². The van der Waals surface area contributed by atoms with E-state index in [9.17, 15) is 0 Å². The molecule has 2 aliphatic rings. The lowest BCUT2D eigenvalue weighted by Gasteiger charge is -2.33. The third kappa shape index (κ3) is 2.72. The number of aryl methyl sites for hydroxylation is 1. The van der Waals surface area contributed by atoms with E-state index in [1.54, 1.807) is 0 Å². The molecule has 2 aliphatic carbocycles. The van der Waals surface area contributed by atoms with E-state index in [-0.39, 0.29) is 0 Å². The average molecular weight is 334 g/mol. The topological polar surface area (TPSA) is 0 Å². The van der Waals surface area contributed by atoms with Gasteiger partial charge in [-0.15, -0.1) is 0 Å². The summed E-state index contributed by atoms with van der Waals surface area (Å²) in [6, 6.07) is 28.5. The van der Waals surface area contributed by atoms with Crippen LogP contribution >= 0.6 is 0 Å². The van der Waals surface area contributed by atoms with Gasteiger partial charge >= 0.3 is 0 Å².